The molecule has 1 saturated heterocycles. The molecule has 0 N–H and O–H groups in total. The molecule has 22 heavy (non-hydrogen) atoms. The molecule has 2 aromatic rings. The number of nitrogens with zero attached hydrogens (tertiary/aromatic N) is 6. The molecule has 0 bridgehead atoms. The van der Waals surface area contributed by atoms with E-state index in [0.717, 1.165) is 37.0 Å². The number of rotatable bonds is 3. The molecule has 2 aromatic heterocycles. The van der Waals surface area contributed by atoms with Gasteiger partial charge < -0.3 is 4.90 Å². The molecule has 1 saturated carbocycles. The van der Waals surface area contributed by atoms with Crippen molar-refractivity contribution in [2.75, 3.05) is 31.1 Å². The first-order valence-corrected chi connectivity index (χ1v) is 8.45. The Balaban J connectivity index is 1.43. The first kappa shape index (κ1) is 13.9. The molecule has 0 aromatic carbocycles. The monoisotopic (exact) mass is 300 g/mol. The van der Waals surface area contributed by atoms with E-state index in [1.807, 2.05) is 6.07 Å². The number of anilines is 1. The molecule has 6 nitrogen and oxygen atoms in total. The molecule has 2 aliphatic rings. The van der Waals surface area contributed by atoms with Crippen LogP contribution in [0.2, 0.25) is 0 Å². The summed E-state index contributed by atoms with van der Waals surface area (Å²) in [6, 6.07) is 4.55. The molecule has 6 heteroatoms. The highest BCUT2D eigenvalue weighted by atomic mass is 15.4. The van der Waals surface area contributed by atoms with E-state index in [0.29, 0.717) is 6.04 Å². The lowest BCUT2D eigenvalue weighted by molar-refractivity contribution is 0.196. The van der Waals surface area contributed by atoms with Gasteiger partial charge in [0.15, 0.2) is 5.65 Å². The minimum absolute atomic E-state index is 0.497. The SMILES string of the molecule is C[C@H]1CN(CC2CCCC2)CCN1c1ccc2nncn2n1. The molecule has 1 aliphatic heterocycles. The van der Waals surface area contributed by atoms with Crippen molar-refractivity contribution in [3.8, 4) is 0 Å². The van der Waals surface area contributed by atoms with E-state index in [1.165, 1.54) is 32.2 Å². The van der Waals surface area contributed by atoms with E-state index in [1.54, 1.807) is 10.8 Å². The van der Waals surface area contributed by atoms with Crippen molar-refractivity contribution in [2.45, 2.75) is 38.6 Å². The maximum absolute atomic E-state index is 4.64. The minimum Gasteiger partial charge on any atom is -0.350 e. The van der Waals surface area contributed by atoms with Crippen molar-refractivity contribution in [3.63, 3.8) is 0 Å². The highest BCUT2D eigenvalue weighted by Gasteiger charge is 2.27. The van der Waals surface area contributed by atoms with Crippen LogP contribution in [-0.2, 0) is 0 Å². The van der Waals surface area contributed by atoms with Gasteiger partial charge in [-0.05, 0) is 37.8 Å². The normalized spacial score (nSPS) is 24.4. The van der Waals surface area contributed by atoms with Crippen LogP contribution in [0.15, 0.2) is 18.5 Å². The van der Waals surface area contributed by atoms with Gasteiger partial charge in [0.1, 0.15) is 12.1 Å². The smallest absolute Gasteiger partial charge is 0.177 e. The molecular formula is C16H24N6. The van der Waals surface area contributed by atoms with Crippen LogP contribution in [0, 0.1) is 5.92 Å². The van der Waals surface area contributed by atoms with Crippen molar-refractivity contribution >= 4 is 11.5 Å². The third-order valence-corrected chi connectivity index (χ3v) is 5.14. The molecule has 2 fully saturated rings. The van der Waals surface area contributed by atoms with Crippen molar-refractivity contribution in [2.24, 2.45) is 5.92 Å². The summed E-state index contributed by atoms with van der Waals surface area (Å²) in [6.45, 7) is 6.92. The van der Waals surface area contributed by atoms with Gasteiger partial charge in [-0.1, -0.05) is 12.8 Å². The fourth-order valence-electron chi connectivity index (χ4n) is 3.97. The van der Waals surface area contributed by atoms with Crippen LogP contribution in [-0.4, -0.2) is 56.9 Å². The average molecular weight is 300 g/mol. The Morgan fingerprint density at radius 2 is 2.05 bits per heavy atom. The van der Waals surface area contributed by atoms with Crippen molar-refractivity contribution in [1.29, 1.82) is 0 Å². The maximum Gasteiger partial charge on any atom is 0.177 e. The number of piperazine rings is 1. The summed E-state index contributed by atoms with van der Waals surface area (Å²) < 4.78 is 1.76. The first-order valence-electron chi connectivity index (χ1n) is 8.45. The van der Waals surface area contributed by atoms with Crippen molar-refractivity contribution < 1.29 is 0 Å². The lowest BCUT2D eigenvalue weighted by atomic mass is 10.1. The minimum atomic E-state index is 0.497. The van der Waals surface area contributed by atoms with Crippen LogP contribution in [0.25, 0.3) is 5.65 Å². The molecular weight excluding hydrogens is 276 g/mol. The quantitative estimate of drug-likeness (QED) is 0.865. The summed E-state index contributed by atoms with van der Waals surface area (Å²) in [4.78, 5) is 5.05. The van der Waals surface area contributed by atoms with Gasteiger partial charge in [-0.3, -0.25) is 4.90 Å². The van der Waals surface area contributed by atoms with E-state index in [9.17, 15) is 0 Å². The van der Waals surface area contributed by atoms with Gasteiger partial charge in [-0.25, -0.2) is 0 Å². The highest BCUT2D eigenvalue weighted by molar-refractivity contribution is 5.46. The second-order valence-electron chi connectivity index (χ2n) is 6.78. The van der Waals surface area contributed by atoms with E-state index in [4.69, 9.17) is 0 Å². The lowest BCUT2D eigenvalue weighted by Crippen LogP contribution is -2.53. The fraction of sp³-hybridized carbons (Fsp3) is 0.688. The summed E-state index contributed by atoms with van der Waals surface area (Å²) in [7, 11) is 0. The van der Waals surface area contributed by atoms with Gasteiger partial charge in [0, 0.05) is 32.2 Å². The molecule has 118 valence electrons. The van der Waals surface area contributed by atoms with E-state index in [2.05, 4.69) is 38.1 Å². The van der Waals surface area contributed by atoms with Crippen LogP contribution in [0.4, 0.5) is 5.82 Å². The van der Waals surface area contributed by atoms with Crippen LogP contribution < -0.4 is 4.90 Å². The Hall–Kier alpha value is -1.69. The second-order valence-corrected chi connectivity index (χ2v) is 6.78. The Labute approximate surface area is 131 Å². The third kappa shape index (κ3) is 2.67. The summed E-state index contributed by atoms with van der Waals surface area (Å²) in [5.41, 5.74) is 0.802. The zero-order valence-corrected chi connectivity index (χ0v) is 13.2. The Bertz CT molecular complexity index is 632. The standard InChI is InChI=1S/C16H24N6/c1-13-10-20(11-14-4-2-3-5-14)8-9-21(13)16-7-6-15-18-17-12-22(15)19-16/h6-7,12-14H,2-5,8-11H2,1H3/t13-/m0/s1. The predicted octanol–water partition coefficient (Wildman–Crippen LogP) is 1.82. The molecule has 0 spiro atoms. The van der Waals surface area contributed by atoms with Gasteiger partial charge in [0.25, 0.3) is 0 Å². The van der Waals surface area contributed by atoms with Crippen LogP contribution >= 0.6 is 0 Å². The number of hydrogen-bond donors (Lipinski definition) is 0. The average Bonchev–Trinajstić information content (AvgIpc) is 3.17. The Morgan fingerprint density at radius 3 is 2.86 bits per heavy atom. The van der Waals surface area contributed by atoms with Crippen LogP contribution in [0.1, 0.15) is 32.6 Å². The van der Waals surface area contributed by atoms with Crippen LogP contribution in [0.3, 0.4) is 0 Å². The second kappa shape index (κ2) is 5.83. The molecule has 4 rings (SSSR count). The van der Waals surface area contributed by atoms with Gasteiger partial charge in [-0.2, -0.15) is 4.52 Å². The third-order valence-electron chi connectivity index (χ3n) is 5.14. The van der Waals surface area contributed by atoms with Crippen molar-refractivity contribution in [3.05, 3.63) is 18.5 Å². The van der Waals surface area contributed by atoms with Gasteiger partial charge in [0.2, 0.25) is 0 Å². The maximum atomic E-state index is 4.64. The molecule has 0 amide bonds. The molecule has 0 radical (unpaired) electrons. The summed E-state index contributed by atoms with van der Waals surface area (Å²) >= 11 is 0. The highest BCUT2D eigenvalue weighted by Crippen LogP contribution is 2.27. The molecule has 0 unspecified atom stereocenters. The van der Waals surface area contributed by atoms with Gasteiger partial charge in [-0.15, -0.1) is 15.3 Å². The fourth-order valence-corrected chi connectivity index (χ4v) is 3.97. The van der Waals surface area contributed by atoms with Gasteiger partial charge >= 0.3 is 0 Å². The van der Waals surface area contributed by atoms with E-state index < -0.39 is 0 Å². The topological polar surface area (TPSA) is 49.6 Å². The number of hydrogen-bond acceptors (Lipinski definition) is 5. The lowest BCUT2D eigenvalue weighted by Gasteiger charge is -2.41. The largest absolute Gasteiger partial charge is 0.350 e. The Kier molecular flexibility index (Phi) is 3.70. The zero-order chi connectivity index (χ0) is 14.9. The zero-order valence-electron chi connectivity index (χ0n) is 13.2. The summed E-state index contributed by atoms with van der Waals surface area (Å²) in [5.74, 6) is 1.96. The summed E-state index contributed by atoms with van der Waals surface area (Å²) in [6.07, 6.45) is 7.40. The van der Waals surface area contributed by atoms with Crippen LogP contribution in [0.5, 0.6) is 0 Å². The van der Waals surface area contributed by atoms with Crippen molar-refractivity contribution in [1.82, 2.24) is 24.7 Å². The first-order chi connectivity index (χ1) is 10.8. The molecule has 3 heterocycles. The number of fused-ring (bicyclic) bond motifs is 1. The molecule has 1 atom stereocenters. The van der Waals surface area contributed by atoms with Gasteiger partial charge in [0.05, 0.1) is 0 Å². The predicted molar refractivity (Wildman–Crippen MR) is 86.0 cm³/mol. The van der Waals surface area contributed by atoms with E-state index >= 15 is 0 Å². The van der Waals surface area contributed by atoms with E-state index in [-0.39, 0.29) is 0 Å². The Morgan fingerprint density at radius 1 is 1.18 bits per heavy atom. The number of aromatic nitrogens is 4. The summed E-state index contributed by atoms with van der Waals surface area (Å²) in [5, 5.41) is 12.6. The molecule has 1 aliphatic carbocycles.